The Kier molecular flexibility index (Phi) is 5.09. The van der Waals surface area contributed by atoms with Crippen LogP contribution in [0.5, 0.6) is 0 Å². The van der Waals surface area contributed by atoms with Gasteiger partial charge in [0.1, 0.15) is 0 Å². The summed E-state index contributed by atoms with van der Waals surface area (Å²) in [4.78, 5) is 16.3. The second-order valence-electron chi connectivity index (χ2n) is 7.23. The van der Waals surface area contributed by atoms with Crippen molar-refractivity contribution in [3.8, 4) is 0 Å². The number of aromatic nitrogens is 2. The third-order valence-electron chi connectivity index (χ3n) is 4.61. The van der Waals surface area contributed by atoms with Gasteiger partial charge in [-0.15, -0.1) is 11.3 Å². The highest BCUT2D eigenvalue weighted by atomic mass is 32.1. The summed E-state index contributed by atoms with van der Waals surface area (Å²) in [7, 11) is 0. The van der Waals surface area contributed by atoms with Crippen molar-refractivity contribution in [1.82, 2.24) is 14.7 Å². The molecule has 0 aliphatic heterocycles. The molecule has 1 aliphatic rings. The molecule has 0 unspecified atom stereocenters. The Morgan fingerprint density at radius 2 is 2.17 bits per heavy atom. The Balaban J connectivity index is 1.74. The lowest BCUT2D eigenvalue weighted by molar-refractivity contribution is -0.131. The number of hydrogen-bond donors (Lipinski definition) is 0. The molecule has 2 heterocycles. The van der Waals surface area contributed by atoms with Crippen molar-refractivity contribution in [2.75, 3.05) is 0 Å². The second-order valence-corrected chi connectivity index (χ2v) is 8.27. The van der Waals surface area contributed by atoms with Crippen LogP contribution in [0.1, 0.15) is 48.5 Å². The van der Waals surface area contributed by atoms with Crippen molar-refractivity contribution in [2.24, 2.45) is 5.92 Å². The van der Waals surface area contributed by atoms with Crippen LogP contribution in [0, 0.1) is 19.8 Å². The van der Waals surface area contributed by atoms with Crippen LogP contribution >= 0.6 is 11.3 Å². The van der Waals surface area contributed by atoms with E-state index in [9.17, 15) is 4.79 Å². The lowest BCUT2D eigenvalue weighted by atomic mass is 10.1. The van der Waals surface area contributed by atoms with Gasteiger partial charge in [-0.1, -0.05) is 19.9 Å². The van der Waals surface area contributed by atoms with Gasteiger partial charge in [-0.2, -0.15) is 5.10 Å². The molecule has 1 aliphatic carbocycles. The smallest absolute Gasteiger partial charge is 0.227 e. The number of thiophene rings is 1. The number of carbonyl (C=O) groups excluding carboxylic acids is 1. The Hall–Kier alpha value is -1.62. The van der Waals surface area contributed by atoms with Crippen molar-refractivity contribution in [3.05, 3.63) is 39.3 Å². The van der Waals surface area contributed by atoms with Gasteiger partial charge in [0.25, 0.3) is 0 Å². The van der Waals surface area contributed by atoms with Crippen LogP contribution in [0.3, 0.4) is 0 Å². The predicted octanol–water partition coefficient (Wildman–Crippen LogP) is 3.95. The minimum Gasteiger partial charge on any atom is -0.334 e. The molecule has 1 saturated carbocycles. The zero-order valence-electron chi connectivity index (χ0n) is 15.1. The molecule has 2 aromatic rings. The highest BCUT2D eigenvalue weighted by Crippen LogP contribution is 2.30. The van der Waals surface area contributed by atoms with Crippen LogP contribution in [0.4, 0.5) is 0 Å². The average molecular weight is 346 g/mol. The van der Waals surface area contributed by atoms with Crippen LogP contribution in [-0.4, -0.2) is 26.6 Å². The molecule has 0 aromatic carbocycles. The summed E-state index contributed by atoms with van der Waals surface area (Å²) >= 11 is 1.73. The van der Waals surface area contributed by atoms with Crippen LogP contribution in [0.2, 0.25) is 0 Å². The van der Waals surface area contributed by atoms with Crippen molar-refractivity contribution in [3.63, 3.8) is 0 Å². The minimum atomic E-state index is 0.237. The van der Waals surface area contributed by atoms with E-state index in [1.165, 1.54) is 4.88 Å². The first-order valence-electron chi connectivity index (χ1n) is 8.80. The molecule has 0 saturated heterocycles. The summed E-state index contributed by atoms with van der Waals surface area (Å²) in [5.74, 6) is 0.787. The summed E-state index contributed by atoms with van der Waals surface area (Å²) in [5.41, 5.74) is 3.24. The van der Waals surface area contributed by atoms with Gasteiger partial charge in [-0.25, -0.2) is 0 Å². The van der Waals surface area contributed by atoms with Gasteiger partial charge in [0, 0.05) is 28.7 Å². The second kappa shape index (κ2) is 7.09. The molecule has 0 radical (unpaired) electrons. The van der Waals surface area contributed by atoms with Gasteiger partial charge in [0.05, 0.1) is 18.7 Å². The van der Waals surface area contributed by atoms with Crippen LogP contribution < -0.4 is 0 Å². The van der Waals surface area contributed by atoms with Crippen molar-refractivity contribution in [2.45, 2.75) is 66.1 Å². The van der Waals surface area contributed by atoms with Gasteiger partial charge in [0.2, 0.25) is 5.91 Å². The van der Waals surface area contributed by atoms with E-state index in [1.807, 2.05) is 6.92 Å². The van der Waals surface area contributed by atoms with Gasteiger partial charge in [0.15, 0.2) is 0 Å². The zero-order valence-corrected chi connectivity index (χ0v) is 15.9. The van der Waals surface area contributed by atoms with E-state index in [2.05, 4.69) is 53.0 Å². The fourth-order valence-electron chi connectivity index (χ4n) is 3.14. The quantitative estimate of drug-likeness (QED) is 0.762. The van der Waals surface area contributed by atoms with Crippen molar-refractivity contribution in [1.29, 1.82) is 0 Å². The Labute approximate surface area is 148 Å². The standard InChI is InChI=1S/C19H27N3OS/c1-13(2)11-22-15(4)18(14(3)20-22)10-19(23)21(16-7-8-16)12-17-6-5-9-24-17/h5-6,9,13,16H,7-8,10-12H2,1-4H3. The lowest BCUT2D eigenvalue weighted by Gasteiger charge is -2.22. The highest BCUT2D eigenvalue weighted by Gasteiger charge is 2.33. The topological polar surface area (TPSA) is 38.1 Å². The summed E-state index contributed by atoms with van der Waals surface area (Å²) in [6.45, 7) is 10.1. The van der Waals surface area contributed by atoms with Crippen molar-refractivity contribution < 1.29 is 4.79 Å². The van der Waals surface area contributed by atoms with Gasteiger partial charge >= 0.3 is 0 Å². The van der Waals surface area contributed by atoms with Crippen LogP contribution in [0.25, 0.3) is 0 Å². The van der Waals surface area contributed by atoms with E-state index in [0.29, 0.717) is 18.4 Å². The van der Waals surface area contributed by atoms with Crippen molar-refractivity contribution >= 4 is 17.2 Å². The first kappa shape index (κ1) is 17.2. The molecule has 24 heavy (non-hydrogen) atoms. The molecule has 0 atom stereocenters. The van der Waals surface area contributed by atoms with Crippen LogP contribution in [0.15, 0.2) is 17.5 Å². The van der Waals surface area contributed by atoms with E-state index in [4.69, 9.17) is 0 Å². The number of amides is 1. The van der Waals surface area contributed by atoms with E-state index in [-0.39, 0.29) is 5.91 Å². The highest BCUT2D eigenvalue weighted by molar-refractivity contribution is 7.09. The number of carbonyl (C=O) groups is 1. The largest absolute Gasteiger partial charge is 0.334 e. The molecule has 3 rings (SSSR count). The van der Waals surface area contributed by atoms with E-state index < -0.39 is 0 Å². The SMILES string of the molecule is Cc1nn(CC(C)C)c(C)c1CC(=O)N(Cc1cccs1)C1CC1. The van der Waals surface area contributed by atoms with E-state index in [0.717, 1.165) is 42.9 Å². The molecule has 0 N–H and O–H groups in total. The first-order valence-corrected chi connectivity index (χ1v) is 9.68. The molecule has 0 bridgehead atoms. The number of rotatable bonds is 7. The summed E-state index contributed by atoms with van der Waals surface area (Å²) < 4.78 is 2.06. The fourth-order valence-corrected chi connectivity index (χ4v) is 3.85. The molecule has 130 valence electrons. The maximum Gasteiger partial charge on any atom is 0.227 e. The summed E-state index contributed by atoms with van der Waals surface area (Å²) in [5, 5.41) is 6.73. The van der Waals surface area contributed by atoms with Gasteiger partial charge < -0.3 is 4.90 Å². The zero-order chi connectivity index (χ0) is 17.3. The molecule has 4 nitrogen and oxygen atoms in total. The summed E-state index contributed by atoms with van der Waals surface area (Å²) in [6, 6.07) is 4.61. The first-order chi connectivity index (χ1) is 11.5. The number of nitrogens with zero attached hydrogens (tertiary/aromatic N) is 3. The minimum absolute atomic E-state index is 0.237. The van der Waals surface area contributed by atoms with Gasteiger partial charge in [-0.05, 0) is 44.1 Å². The molecule has 1 fully saturated rings. The third-order valence-corrected chi connectivity index (χ3v) is 5.47. The summed E-state index contributed by atoms with van der Waals surface area (Å²) in [6.07, 6.45) is 2.75. The Bertz CT molecular complexity index is 699. The van der Waals surface area contributed by atoms with Crippen LogP contribution in [-0.2, 0) is 24.3 Å². The molecule has 0 spiro atoms. The predicted molar refractivity (Wildman–Crippen MR) is 98.1 cm³/mol. The number of hydrogen-bond acceptors (Lipinski definition) is 3. The average Bonchev–Trinajstić information content (AvgIpc) is 3.17. The Morgan fingerprint density at radius 1 is 1.42 bits per heavy atom. The molecule has 1 amide bonds. The lowest BCUT2D eigenvalue weighted by Crippen LogP contribution is -2.33. The Morgan fingerprint density at radius 3 is 2.75 bits per heavy atom. The van der Waals surface area contributed by atoms with E-state index >= 15 is 0 Å². The monoisotopic (exact) mass is 345 g/mol. The maximum absolute atomic E-state index is 12.9. The third kappa shape index (κ3) is 3.89. The molecule has 2 aromatic heterocycles. The molecular weight excluding hydrogens is 318 g/mol. The molecular formula is C19H27N3OS. The normalized spacial score (nSPS) is 14.4. The van der Waals surface area contributed by atoms with Gasteiger partial charge in [-0.3, -0.25) is 9.48 Å². The fraction of sp³-hybridized carbons (Fsp3) is 0.579. The maximum atomic E-state index is 12.9. The molecule has 5 heteroatoms. The van der Waals surface area contributed by atoms with E-state index in [1.54, 1.807) is 11.3 Å². The number of aryl methyl sites for hydroxylation is 1.